The standard InChI is InChI=1S/C44H61ClN2O5/c1-26(2)29-16-21-44(37-47-46-34(52-37)24-27-10-12-28(45)13-11-27)23-22-42(8)30(36(29)44)14-15-32-41(7)19-18-33(51-35(48)25-39(3,4)38(49)50)40(5,6)31(41)17-20-43(32,42)9/h10-13,26,30-33H,14-25H2,1-9H3,(H,49,50)/t30-,31+,32-,33+,41+,42-,43-,44+/m1/s1. The summed E-state index contributed by atoms with van der Waals surface area (Å²) in [6.45, 7) is 20.4. The fourth-order valence-corrected chi connectivity index (χ4v) is 13.2. The molecule has 8 atom stereocenters. The Bertz CT molecular complexity index is 1760. The first-order valence-electron chi connectivity index (χ1n) is 20.0. The van der Waals surface area contributed by atoms with Crippen molar-refractivity contribution in [2.24, 2.45) is 50.7 Å². The second-order valence-corrected chi connectivity index (χ2v) is 20.2. The fourth-order valence-electron chi connectivity index (χ4n) is 13.1. The zero-order valence-corrected chi connectivity index (χ0v) is 33.8. The quantitative estimate of drug-likeness (QED) is 0.213. The summed E-state index contributed by atoms with van der Waals surface area (Å²) in [6.07, 6.45) is 11.2. The van der Waals surface area contributed by atoms with Gasteiger partial charge in [-0.15, -0.1) is 10.2 Å². The highest BCUT2D eigenvalue weighted by molar-refractivity contribution is 6.30. The lowest BCUT2D eigenvalue weighted by Gasteiger charge is -2.72. The Balaban J connectivity index is 1.16. The average molecular weight is 733 g/mol. The lowest BCUT2D eigenvalue weighted by Crippen LogP contribution is -2.66. The molecule has 4 fully saturated rings. The number of hydrogen-bond donors (Lipinski definition) is 1. The van der Waals surface area contributed by atoms with Gasteiger partial charge in [0, 0.05) is 10.4 Å². The van der Waals surface area contributed by atoms with Gasteiger partial charge in [0.1, 0.15) is 6.10 Å². The predicted molar refractivity (Wildman–Crippen MR) is 203 cm³/mol. The number of carboxylic acid groups (broad SMARTS) is 1. The normalized spacial score (nSPS) is 36.8. The van der Waals surface area contributed by atoms with Gasteiger partial charge in [0.05, 0.1) is 23.7 Å². The molecule has 0 unspecified atom stereocenters. The van der Waals surface area contributed by atoms with Crippen LogP contribution in [0.25, 0.3) is 0 Å². The Kier molecular flexibility index (Phi) is 9.19. The van der Waals surface area contributed by atoms with Gasteiger partial charge in [-0.2, -0.15) is 0 Å². The largest absolute Gasteiger partial charge is 0.481 e. The van der Waals surface area contributed by atoms with E-state index in [0.717, 1.165) is 61.4 Å². The number of rotatable bonds is 8. The Morgan fingerprint density at radius 2 is 1.63 bits per heavy atom. The average Bonchev–Trinajstić information content (AvgIpc) is 3.70. The number of aliphatic carboxylic acids is 1. The maximum absolute atomic E-state index is 13.1. The summed E-state index contributed by atoms with van der Waals surface area (Å²) in [4.78, 5) is 24.9. The molecule has 7 rings (SSSR count). The minimum absolute atomic E-state index is 0.111. The number of hydrogen-bond acceptors (Lipinski definition) is 6. The molecule has 0 aliphatic heterocycles. The molecule has 0 saturated heterocycles. The molecule has 5 aliphatic carbocycles. The monoisotopic (exact) mass is 732 g/mol. The van der Waals surface area contributed by atoms with Crippen LogP contribution in [0.2, 0.25) is 5.02 Å². The Morgan fingerprint density at radius 1 is 0.923 bits per heavy atom. The van der Waals surface area contributed by atoms with E-state index < -0.39 is 17.4 Å². The van der Waals surface area contributed by atoms with Crippen LogP contribution in [0.1, 0.15) is 150 Å². The van der Waals surface area contributed by atoms with Crippen LogP contribution in [-0.2, 0) is 26.2 Å². The van der Waals surface area contributed by atoms with Crippen molar-refractivity contribution < 1.29 is 23.8 Å². The lowest BCUT2D eigenvalue weighted by atomic mass is 9.33. The summed E-state index contributed by atoms with van der Waals surface area (Å²) >= 11 is 6.15. The van der Waals surface area contributed by atoms with E-state index in [4.69, 9.17) is 25.9 Å². The molecule has 52 heavy (non-hydrogen) atoms. The van der Waals surface area contributed by atoms with Gasteiger partial charge < -0.3 is 14.3 Å². The van der Waals surface area contributed by atoms with Gasteiger partial charge in [-0.05, 0) is 136 Å². The summed E-state index contributed by atoms with van der Waals surface area (Å²) in [5, 5.41) is 19.8. The number of fused-ring (bicyclic) bond motifs is 7. The Morgan fingerprint density at radius 3 is 2.31 bits per heavy atom. The fraction of sp³-hybridized carbons (Fsp3) is 0.727. The number of benzene rings is 1. The SMILES string of the molecule is CC(C)C1=C2[C@H]3CC[C@@H]4[C@@]5(C)CC[C@H](OC(=O)CC(C)(C)C(=O)O)C(C)(C)[C@@H]5CC[C@@]4(C)[C@]3(C)CC[C@@]2(c2nnc(Cc3ccc(Cl)cc3)o2)CC1. The van der Waals surface area contributed by atoms with Gasteiger partial charge in [0.2, 0.25) is 11.8 Å². The minimum Gasteiger partial charge on any atom is -0.481 e. The van der Waals surface area contributed by atoms with Crippen LogP contribution in [-0.4, -0.2) is 33.3 Å². The van der Waals surface area contributed by atoms with E-state index in [9.17, 15) is 14.7 Å². The third kappa shape index (κ3) is 5.63. The molecule has 0 amide bonds. The van der Waals surface area contributed by atoms with Crippen molar-refractivity contribution in [2.75, 3.05) is 0 Å². The third-order valence-electron chi connectivity index (χ3n) is 16.2. The van der Waals surface area contributed by atoms with Crippen LogP contribution in [0.5, 0.6) is 0 Å². The molecular formula is C44H61ClN2O5. The van der Waals surface area contributed by atoms with Gasteiger partial charge in [0.15, 0.2) is 0 Å². The summed E-state index contributed by atoms with van der Waals surface area (Å²) in [6, 6.07) is 7.90. The highest BCUT2D eigenvalue weighted by atomic mass is 35.5. The highest BCUT2D eigenvalue weighted by Gasteiger charge is 2.70. The molecule has 4 saturated carbocycles. The van der Waals surface area contributed by atoms with Crippen molar-refractivity contribution in [2.45, 2.75) is 151 Å². The van der Waals surface area contributed by atoms with Crippen molar-refractivity contribution in [3.05, 3.63) is 57.8 Å². The molecule has 1 aromatic heterocycles. The number of nitrogens with zero attached hydrogens (tertiary/aromatic N) is 2. The van der Waals surface area contributed by atoms with Gasteiger partial charge in [-0.1, -0.05) is 83.3 Å². The van der Waals surface area contributed by atoms with Crippen LogP contribution in [0, 0.1) is 50.7 Å². The second kappa shape index (κ2) is 12.7. The molecule has 1 aromatic carbocycles. The molecule has 284 valence electrons. The van der Waals surface area contributed by atoms with E-state index in [-0.39, 0.29) is 39.6 Å². The topological polar surface area (TPSA) is 103 Å². The maximum atomic E-state index is 13.1. The maximum Gasteiger partial charge on any atom is 0.309 e. The molecule has 1 heterocycles. The van der Waals surface area contributed by atoms with Crippen LogP contribution < -0.4 is 0 Å². The van der Waals surface area contributed by atoms with Crippen LogP contribution in [0.15, 0.2) is 39.8 Å². The Hall–Kier alpha value is -2.67. The van der Waals surface area contributed by atoms with E-state index in [1.54, 1.807) is 25.0 Å². The van der Waals surface area contributed by atoms with Crippen molar-refractivity contribution in [1.29, 1.82) is 0 Å². The number of allylic oxidation sites excluding steroid dienone is 2. The zero-order chi connectivity index (χ0) is 37.6. The van der Waals surface area contributed by atoms with Crippen LogP contribution >= 0.6 is 11.6 Å². The smallest absolute Gasteiger partial charge is 0.309 e. The van der Waals surface area contributed by atoms with Crippen molar-refractivity contribution >= 4 is 23.5 Å². The summed E-state index contributed by atoms with van der Waals surface area (Å²) in [5.74, 6) is 2.11. The first kappa shape index (κ1) is 37.6. The van der Waals surface area contributed by atoms with Crippen LogP contribution in [0.4, 0.5) is 0 Å². The van der Waals surface area contributed by atoms with E-state index in [1.807, 2.05) is 24.3 Å². The molecule has 0 bridgehead atoms. The highest BCUT2D eigenvalue weighted by Crippen LogP contribution is 2.77. The number of carbonyl (C=O) groups is 2. The number of ether oxygens (including phenoxy) is 1. The number of esters is 1. The molecule has 0 radical (unpaired) electrons. The van der Waals surface area contributed by atoms with Gasteiger partial charge in [-0.25, -0.2) is 0 Å². The third-order valence-corrected chi connectivity index (χ3v) is 16.4. The molecule has 7 nitrogen and oxygen atoms in total. The zero-order valence-electron chi connectivity index (χ0n) is 33.0. The van der Waals surface area contributed by atoms with E-state index in [2.05, 4.69) is 53.6 Å². The number of carbonyl (C=O) groups excluding carboxylic acids is 1. The summed E-state index contributed by atoms with van der Waals surface area (Å²) in [7, 11) is 0. The first-order chi connectivity index (χ1) is 24.3. The number of halogens is 1. The second-order valence-electron chi connectivity index (χ2n) is 19.8. The first-order valence-corrected chi connectivity index (χ1v) is 20.4. The van der Waals surface area contributed by atoms with Crippen molar-refractivity contribution in [3.8, 4) is 0 Å². The summed E-state index contributed by atoms with van der Waals surface area (Å²) < 4.78 is 12.9. The van der Waals surface area contributed by atoms with Gasteiger partial charge >= 0.3 is 11.9 Å². The lowest BCUT2D eigenvalue weighted by molar-refractivity contribution is -0.232. The van der Waals surface area contributed by atoms with Crippen molar-refractivity contribution in [1.82, 2.24) is 10.2 Å². The molecule has 2 aromatic rings. The van der Waals surface area contributed by atoms with E-state index in [1.165, 1.54) is 19.3 Å². The van der Waals surface area contributed by atoms with Gasteiger partial charge in [-0.3, -0.25) is 9.59 Å². The molecule has 0 spiro atoms. The molecule has 8 heteroatoms. The minimum atomic E-state index is -1.14. The predicted octanol–water partition coefficient (Wildman–Crippen LogP) is 10.8. The number of carboxylic acids is 1. The van der Waals surface area contributed by atoms with Crippen LogP contribution in [0.3, 0.4) is 0 Å². The number of aromatic nitrogens is 2. The van der Waals surface area contributed by atoms with E-state index in [0.29, 0.717) is 36.0 Å². The van der Waals surface area contributed by atoms with Crippen molar-refractivity contribution in [3.63, 3.8) is 0 Å². The molecular weight excluding hydrogens is 672 g/mol. The van der Waals surface area contributed by atoms with E-state index >= 15 is 0 Å². The molecule has 5 aliphatic rings. The summed E-state index contributed by atoms with van der Waals surface area (Å²) in [5.41, 5.74) is 3.32. The van der Waals surface area contributed by atoms with Gasteiger partial charge in [0.25, 0.3) is 0 Å². The Labute approximate surface area is 316 Å². The molecule has 1 N–H and O–H groups in total.